The zero-order valence-corrected chi connectivity index (χ0v) is 18.0. The van der Waals surface area contributed by atoms with E-state index in [1.165, 1.54) is 0 Å². The molecule has 0 atom stereocenters. The normalized spacial score (nSPS) is 11.1. The summed E-state index contributed by atoms with van der Waals surface area (Å²) in [5.74, 6) is 1.65. The smallest absolute Gasteiger partial charge is 0.248 e. The van der Waals surface area contributed by atoms with Crippen LogP contribution in [0.3, 0.4) is 0 Å². The fourth-order valence-corrected chi connectivity index (χ4v) is 3.85. The Morgan fingerprint density at radius 3 is 1.97 bits per heavy atom. The van der Waals surface area contributed by atoms with Gasteiger partial charge in [-0.3, -0.25) is 4.79 Å². The van der Waals surface area contributed by atoms with E-state index in [0.29, 0.717) is 22.9 Å². The number of nitrogens with one attached hydrogen (secondary N) is 1. The lowest BCUT2D eigenvalue weighted by atomic mass is 10.0. The van der Waals surface area contributed by atoms with E-state index < -0.39 is 0 Å². The Bertz CT molecular complexity index is 1600. The second-order valence-electron chi connectivity index (χ2n) is 7.87. The molecule has 0 radical (unpaired) electrons. The molecule has 0 aliphatic rings. The van der Waals surface area contributed by atoms with E-state index in [9.17, 15) is 4.79 Å². The quantitative estimate of drug-likeness (QED) is 0.322. The molecular formula is C28H18N4O2. The number of nitrogens with zero attached hydrogens (tertiary/aromatic N) is 3. The van der Waals surface area contributed by atoms with Crippen LogP contribution >= 0.6 is 0 Å². The lowest BCUT2D eigenvalue weighted by molar-refractivity contribution is 0.103. The van der Waals surface area contributed by atoms with Gasteiger partial charge in [0.15, 0.2) is 5.78 Å². The van der Waals surface area contributed by atoms with Crippen LogP contribution in [0.1, 0.15) is 15.9 Å². The number of carbonyl (C=O) groups excluding carboxylic acids is 1. The first-order chi connectivity index (χ1) is 16.7. The van der Waals surface area contributed by atoms with E-state index >= 15 is 0 Å². The molecule has 34 heavy (non-hydrogen) atoms. The van der Waals surface area contributed by atoms with Gasteiger partial charge in [0.25, 0.3) is 0 Å². The maximum Gasteiger partial charge on any atom is 0.248 e. The van der Waals surface area contributed by atoms with Gasteiger partial charge in [-0.05, 0) is 42.5 Å². The average molecular weight is 442 g/mol. The second-order valence-corrected chi connectivity index (χ2v) is 7.87. The molecule has 6 rings (SSSR count). The number of ketones is 1. The molecule has 6 aromatic rings. The number of hydrogen-bond donors (Lipinski definition) is 1. The molecule has 1 N–H and O–H groups in total. The minimum absolute atomic E-state index is 0.0163. The van der Waals surface area contributed by atoms with Crippen molar-refractivity contribution >= 4 is 16.8 Å². The largest absolute Gasteiger partial charge is 0.416 e. The van der Waals surface area contributed by atoms with Gasteiger partial charge in [-0.1, -0.05) is 60.7 Å². The Morgan fingerprint density at radius 1 is 0.647 bits per heavy atom. The molecular weight excluding hydrogens is 424 g/mol. The van der Waals surface area contributed by atoms with Gasteiger partial charge in [-0.15, -0.1) is 10.2 Å². The summed E-state index contributed by atoms with van der Waals surface area (Å²) >= 11 is 0. The molecule has 0 aliphatic carbocycles. The molecule has 162 valence electrons. The van der Waals surface area contributed by atoms with Gasteiger partial charge in [0.2, 0.25) is 11.8 Å². The van der Waals surface area contributed by atoms with Crippen LogP contribution in [-0.2, 0) is 0 Å². The topological polar surface area (TPSA) is 84.7 Å². The van der Waals surface area contributed by atoms with Crippen molar-refractivity contribution in [2.45, 2.75) is 0 Å². The average Bonchev–Trinajstić information content (AvgIpc) is 3.57. The summed E-state index contributed by atoms with van der Waals surface area (Å²) in [6, 6.07) is 32.2. The SMILES string of the molecule is O=C(c1ccccc1)c1ccc2nc(-c3ccc(-c4nnc(-c5ccccc5)o4)cc3)[nH]c2c1. The first-order valence-electron chi connectivity index (χ1n) is 10.8. The van der Waals surface area contributed by atoms with Crippen LogP contribution in [0.25, 0.3) is 45.3 Å². The van der Waals surface area contributed by atoms with Gasteiger partial charge in [0.05, 0.1) is 11.0 Å². The summed E-state index contributed by atoms with van der Waals surface area (Å²) in [5, 5.41) is 8.33. The first-order valence-corrected chi connectivity index (χ1v) is 10.8. The molecule has 0 unspecified atom stereocenters. The number of rotatable bonds is 5. The summed E-state index contributed by atoms with van der Waals surface area (Å²) in [5.41, 5.74) is 5.51. The molecule has 0 aliphatic heterocycles. The van der Waals surface area contributed by atoms with Crippen molar-refractivity contribution in [3.63, 3.8) is 0 Å². The lowest BCUT2D eigenvalue weighted by Crippen LogP contribution is -2.00. The van der Waals surface area contributed by atoms with E-state index in [0.717, 1.165) is 33.5 Å². The van der Waals surface area contributed by atoms with Gasteiger partial charge in [0, 0.05) is 27.8 Å². The molecule has 6 nitrogen and oxygen atoms in total. The molecule has 0 spiro atoms. The number of H-pyrrole nitrogens is 1. The fourth-order valence-electron chi connectivity index (χ4n) is 3.85. The van der Waals surface area contributed by atoms with Crippen LogP contribution < -0.4 is 0 Å². The minimum Gasteiger partial charge on any atom is -0.416 e. The fraction of sp³-hybridized carbons (Fsp3) is 0. The minimum atomic E-state index is -0.0163. The van der Waals surface area contributed by atoms with Crippen molar-refractivity contribution in [2.24, 2.45) is 0 Å². The zero-order chi connectivity index (χ0) is 22.9. The standard InChI is InChI=1S/C28H18N4O2/c33-25(18-7-3-1-4-8-18)22-15-16-23-24(17-22)30-26(29-23)19-11-13-21(14-12-19)28-32-31-27(34-28)20-9-5-2-6-10-20/h1-17H,(H,29,30). The highest BCUT2D eigenvalue weighted by Crippen LogP contribution is 2.27. The van der Waals surface area contributed by atoms with Crippen molar-refractivity contribution in [1.82, 2.24) is 20.2 Å². The molecule has 6 heteroatoms. The van der Waals surface area contributed by atoms with Crippen molar-refractivity contribution in [2.75, 3.05) is 0 Å². The highest BCUT2D eigenvalue weighted by atomic mass is 16.4. The number of fused-ring (bicyclic) bond motifs is 1. The van der Waals surface area contributed by atoms with Crippen LogP contribution in [0.2, 0.25) is 0 Å². The predicted octanol–water partition coefficient (Wildman–Crippen LogP) is 6.18. The number of benzene rings is 4. The molecule has 4 aromatic carbocycles. The van der Waals surface area contributed by atoms with E-state index in [1.807, 2.05) is 103 Å². The number of aromatic amines is 1. The highest BCUT2D eigenvalue weighted by Gasteiger charge is 2.13. The highest BCUT2D eigenvalue weighted by molar-refractivity contribution is 6.10. The Hall–Kier alpha value is -4.84. The number of imidazole rings is 1. The van der Waals surface area contributed by atoms with E-state index in [4.69, 9.17) is 4.42 Å². The molecule has 2 heterocycles. The zero-order valence-electron chi connectivity index (χ0n) is 18.0. The van der Waals surface area contributed by atoms with Crippen molar-refractivity contribution in [3.8, 4) is 34.3 Å². The summed E-state index contributed by atoms with van der Waals surface area (Å²) in [6.45, 7) is 0. The van der Waals surface area contributed by atoms with Crippen molar-refractivity contribution in [1.29, 1.82) is 0 Å². The lowest BCUT2D eigenvalue weighted by Gasteiger charge is -2.00. The monoisotopic (exact) mass is 442 g/mol. The van der Waals surface area contributed by atoms with Crippen molar-refractivity contribution < 1.29 is 9.21 Å². The first kappa shape index (κ1) is 19.8. The Labute approximate surface area is 194 Å². The van der Waals surface area contributed by atoms with Gasteiger partial charge in [-0.25, -0.2) is 4.98 Å². The summed E-state index contributed by atoms with van der Waals surface area (Å²) in [4.78, 5) is 20.8. The van der Waals surface area contributed by atoms with E-state index in [2.05, 4.69) is 20.2 Å². The van der Waals surface area contributed by atoms with Crippen molar-refractivity contribution in [3.05, 3.63) is 114 Å². The Kier molecular flexibility index (Phi) is 4.81. The van der Waals surface area contributed by atoms with Gasteiger partial charge in [0.1, 0.15) is 5.82 Å². The molecule has 0 fully saturated rings. The molecule has 0 saturated carbocycles. The predicted molar refractivity (Wildman–Crippen MR) is 130 cm³/mol. The summed E-state index contributed by atoms with van der Waals surface area (Å²) in [7, 11) is 0. The van der Waals surface area contributed by atoms with E-state index in [1.54, 1.807) is 0 Å². The third-order valence-corrected chi connectivity index (χ3v) is 5.63. The third kappa shape index (κ3) is 3.67. The number of hydrogen-bond acceptors (Lipinski definition) is 5. The van der Waals surface area contributed by atoms with Gasteiger partial charge in [-0.2, -0.15) is 0 Å². The number of aromatic nitrogens is 4. The van der Waals surface area contributed by atoms with Gasteiger partial charge >= 0.3 is 0 Å². The summed E-state index contributed by atoms with van der Waals surface area (Å²) < 4.78 is 5.84. The maximum atomic E-state index is 12.8. The Balaban J connectivity index is 1.26. The van der Waals surface area contributed by atoms with Gasteiger partial charge < -0.3 is 9.40 Å². The number of carbonyl (C=O) groups is 1. The third-order valence-electron chi connectivity index (χ3n) is 5.63. The van der Waals surface area contributed by atoms with Crippen LogP contribution in [0.4, 0.5) is 0 Å². The van der Waals surface area contributed by atoms with Crippen LogP contribution in [0.5, 0.6) is 0 Å². The molecule has 2 aromatic heterocycles. The van der Waals surface area contributed by atoms with E-state index in [-0.39, 0.29) is 5.78 Å². The summed E-state index contributed by atoms with van der Waals surface area (Å²) in [6.07, 6.45) is 0. The Morgan fingerprint density at radius 2 is 1.26 bits per heavy atom. The van der Waals surface area contributed by atoms with Crippen LogP contribution in [0.15, 0.2) is 108 Å². The maximum absolute atomic E-state index is 12.8. The molecule has 0 amide bonds. The molecule has 0 saturated heterocycles. The second kappa shape index (κ2) is 8.26. The van der Waals surface area contributed by atoms with Crippen LogP contribution in [0, 0.1) is 0 Å². The van der Waals surface area contributed by atoms with Crippen LogP contribution in [-0.4, -0.2) is 25.9 Å². The molecule has 0 bridgehead atoms.